The molecule has 0 bridgehead atoms. The third kappa shape index (κ3) is 0.898. The molecule has 0 fully saturated rings. The molecule has 0 amide bonds. The summed E-state index contributed by atoms with van der Waals surface area (Å²) in [6.07, 6.45) is 0. The first-order valence-electron chi connectivity index (χ1n) is 3.81. The highest BCUT2D eigenvalue weighted by molar-refractivity contribution is 7.13. The number of anilines is 1. The van der Waals surface area contributed by atoms with Gasteiger partial charge in [0.1, 0.15) is 5.82 Å². The third-order valence-electron chi connectivity index (χ3n) is 2.20. The molecule has 12 heavy (non-hydrogen) atoms. The van der Waals surface area contributed by atoms with Gasteiger partial charge >= 0.3 is 0 Å². The topological polar surface area (TPSA) is 38.9 Å². The smallest absolute Gasteiger partial charge is 0.145 e. The predicted molar refractivity (Wildman–Crippen MR) is 53.5 cm³/mol. The van der Waals surface area contributed by atoms with Crippen molar-refractivity contribution in [2.45, 2.75) is 13.8 Å². The van der Waals surface area contributed by atoms with Crippen LogP contribution in [0.25, 0.3) is 10.1 Å². The summed E-state index contributed by atoms with van der Waals surface area (Å²) in [5.74, 6) is 0.663. The maximum absolute atomic E-state index is 5.75. The molecule has 0 aliphatic heterocycles. The number of nitrogens with two attached hydrogens (primary N) is 1. The summed E-state index contributed by atoms with van der Waals surface area (Å²) in [5, 5.41) is 1.13. The molecule has 0 saturated heterocycles. The van der Waals surface area contributed by atoms with Crippen molar-refractivity contribution >= 4 is 27.4 Å². The van der Waals surface area contributed by atoms with Crippen LogP contribution in [0.5, 0.6) is 0 Å². The highest BCUT2D eigenvalue weighted by Gasteiger charge is 2.06. The average Bonchev–Trinajstić information content (AvgIpc) is 2.41. The summed E-state index contributed by atoms with van der Waals surface area (Å²) in [7, 11) is 0. The highest BCUT2D eigenvalue weighted by Crippen LogP contribution is 2.29. The number of rotatable bonds is 0. The number of aromatic nitrogens is 1. The lowest BCUT2D eigenvalue weighted by Crippen LogP contribution is -1.87. The van der Waals surface area contributed by atoms with E-state index in [0.717, 1.165) is 5.39 Å². The largest absolute Gasteiger partial charge is 0.382 e. The Hall–Kier alpha value is -1.09. The van der Waals surface area contributed by atoms with Crippen molar-refractivity contribution in [1.82, 2.24) is 4.37 Å². The maximum Gasteiger partial charge on any atom is 0.145 e. The number of nitrogens with zero attached hydrogens (tertiary/aromatic N) is 1. The van der Waals surface area contributed by atoms with E-state index in [9.17, 15) is 0 Å². The van der Waals surface area contributed by atoms with E-state index in [1.54, 1.807) is 0 Å². The van der Waals surface area contributed by atoms with E-state index in [4.69, 9.17) is 5.73 Å². The van der Waals surface area contributed by atoms with Crippen molar-refractivity contribution < 1.29 is 0 Å². The molecule has 0 aliphatic carbocycles. The molecular formula is C9H10N2S. The summed E-state index contributed by atoms with van der Waals surface area (Å²) >= 11 is 1.46. The molecule has 0 aliphatic rings. The van der Waals surface area contributed by atoms with Crippen LogP contribution in [0.15, 0.2) is 12.1 Å². The fraction of sp³-hybridized carbons (Fsp3) is 0.222. The SMILES string of the molecule is Cc1ccc2snc(N)c2c1C. The molecule has 0 spiro atoms. The van der Waals surface area contributed by atoms with Crippen LogP contribution >= 0.6 is 11.5 Å². The lowest BCUT2D eigenvalue weighted by molar-refractivity contribution is 1.38. The Morgan fingerprint density at radius 2 is 2.08 bits per heavy atom. The van der Waals surface area contributed by atoms with Gasteiger partial charge in [0.05, 0.1) is 4.70 Å². The van der Waals surface area contributed by atoms with E-state index in [2.05, 4.69) is 30.4 Å². The van der Waals surface area contributed by atoms with Gasteiger partial charge in [0.15, 0.2) is 0 Å². The molecule has 62 valence electrons. The number of benzene rings is 1. The second kappa shape index (κ2) is 2.45. The number of nitrogen functional groups attached to an aromatic ring is 1. The number of hydrogen-bond acceptors (Lipinski definition) is 3. The van der Waals surface area contributed by atoms with Crippen molar-refractivity contribution in [1.29, 1.82) is 0 Å². The van der Waals surface area contributed by atoms with Crippen molar-refractivity contribution in [3.8, 4) is 0 Å². The standard InChI is InChI=1S/C9H10N2S/c1-5-3-4-7-8(6(5)2)9(10)11-12-7/h3-4H,1-2H3,(H2,10,11). The minimum Gasteiger partial charge on any atom is -0.382 e. The van der Waals surface area contributed by atoms with Crippen LogP contribution in [0, 0.1) is 13.8 Å². The molecule has 2 nitrogen and oxygen atoms in total. The fourth-order valence-corrected chi connectivity index (χ4v) is 2.10. The molecule has 1 aromatic carbocycles. The zero-order chi connectivity index (χ0) is 8.72. The molecule has 1 heterocycles. The normalized spacial score (nSPS) is 10.8. The maximum atomic E-state index is 5.75. The van der Waals surface area contributed by atoms with Gasteiger partial charge in [-0.1, -0.05) is 6.07 Å². The lowest BCUT2D eigenvalue weighted by Gasteiger charge is -2.00. The van der Waals surface area contributed by atoms with E-state index in [-0.39, 0.29) is 0 Å². The Balaban J connectivity index is 2.96. The molecule has 2 rings (SSSR count). The van der Waals surface area contributed by atoms with E-state index in [0.29, 0.717) is 5.82 Å². The Labute approximate surface area is 75.2 Å². The third-order valence-corrected chi connectivity index (χ3v) is 3.02. The molecule has 2 aromatic rings. The van der Waals surface area contributed by atoms with Crippen molar-refractivity contribution in [2.75, 3.05) is 5.73 Å². The monoisotopic (exact) mass is 178 g/mol. The highest BCUT2D eigenvalue weighted by atomic mass is 32.1. The molecule has 0 unspecified atom stereocenters. The van der Waals surface area contributed by atoms with Gasteiger partial charge in [0.2, 0.25) is 0 Å². The van der Waals surface area contributed by atoms with Crippen molar-refractivity contribution in [3.05, 3.63) is 23.3 Å². The molecule has 0 atom stereocenters. The first-order chi connectivity index (χ1) is 5.70. The van der Waals surface area contributed by atoms with Crippen molar-refractivity contribution in [2.24, 2.45) is 0 Å². The lowest BCUT2D eigenvalue weighted by atomic mass is 10.1. The second-order valence-electron chi connectivity index (χ2n) is 2.95. The molecule has 1 aromatic heterocycles. The summed E-state index contributed by atoms with van der Waals surface area (Å²) in [4.78, 5) is 0. The first-order valence-corrected chi connectivity index (χ1v) is 4.58. The first kappa shape index (κ1) is 7.55. The van der Waals surface area contributed by atoms with Crippen molar-refractivity contribution in [3.63, 3.8) is 0 Å². The van der Waals surface area contributed by atoms with E-state index >= 15 is 0 Å². The number of hydrogen-bond donors (Lipinski definition) is 1. The van der Waals surface area contributed by atoms with Gasteiger partial charge in [-0.05, 0) is 42.6 Å². The van der Waals surface area contributed by atoms with Gasteiger partial charge in [-0.25, -0.2) is 0 Å². The molecule has 2 N–H and O–H groups in total. The summed E-state index contributed by atoms with van der Waals surface area (Å²) in [5.41, 5.74) is 8.27. The molecular weight excluding hydrogens is 168 g/mol. The predicted octanol–water partition coefficient (Wildman–Crippen LogP) is 2.50. The average molecular weight is 178 g/mol. The Morgan fingerprint density at radius 1 is 1.33 bits per heavy atom. The number of aryl methyl sites for hydroxylation is 2. The molecule has 3 heteroatoms. The Bertz CT molecular complexity index is 431. The summed E-state index contributed by atoms with van der Waals surface area (Å²) in [6, 6.07) is 4.18. The van der Waals surface area contributed by atoms with E-state index < -0.39 is 0 Å². The van der Waals surface area contributed by atoms with Gasteiger partial charge < -0.3 is 5.73 Å². The van der Waals surface area contributed by atoms with Crippen LogP contribution in [0.3, 0.4) is 0 Å². The van der Waals surface area contributed by atoms with Gasteiger partial charge in [-0.3, -0.25) is 0 Å². The molecule has 0 saturated carbocycles. The van der Waals surface area contributed by atoms with Gasteiger partial charge in [-0.15, -0.1) is 0 Å². The van der Waals surface area contributed by atoms with Crippen LogP contribution in [-0.2, 0) is 0 Å². The minimum atomic E-state index is 0.663. The van der Waals surface area contributed by atoms with E-state index in [1.807, 2.05) is 0 Å². The summed E-state index contributed by atoms with van der Waals surface area (Å²) < 4.78 is 5.29. The molecule has 0 radical (unpaired) electrons. The van der Waals surface area contributed by atoms with E-state index in [1.165, 1.54) is 27.4 Å². The van der Waals surface area contributed by atoms with Crippen LogP contribution in [0.2, 0.25) is 0 Å². The zero-order valence-corrected chi connectivity index (χ0v) is 7.90. The Morgan fingerprint density at radius 3 is 2.83 bits per heavy atom. The van der Waals surface area contributed by atoms with Gasteiger partial charge in [0, 0.05) is 5.39 Å². The zero-order valence-electron chi connectivity index (χ0n) is 7.09. The second-order valence-corrected chi connectivity index (χ2v) is 3.75. The summed E-state index contributed by atoms with van der Waals surface area (Å²) in [6.45, 7) is 4.17. The van der Waals surface area contributed by atoms with Crippen LogP contribution in [0.4, 0.5) is 5.82 Å². The minimum absolute atomic E-state index is 0.663. The fourth-order valence-electron chi connectivity index (χ4n) is 1.33. The Kier molecular flexibility index (Phi) is 1.54. The number of fused-ring (bicyclic) bond motifs is 1. The van der Waals surface area contributed by atoms with Crippen LogP contribution in [0.1, 0.15) is 11.1 Å². The van der Waals surface area contributed by atoms with Gasteiger partial charge in [0.25, 0.3) is 0 Å². The van der Waals surface area contributed by atoms with Crippen LogP contribution < -0.4 is 5.73 Å². The van der Waals surface area contributed by atoms with Crippen LogP contribution in [-0.4, -0.2) is 4.37 Å². The quantitative estimate of drug-likeness (QED) is 0.673. The van der Waals surface area contributed by atoms with Gasteiger partial charge in [-0.2, -0.15) is 4.37 Å².